The highest BCUT2D eigenvalue weighted by Gasteiger charge is 2.25. The maximum atomic E-state index is 14.7. The van der Waals surface area contributed by atoms with Crippen LogP contribution in [0.4, 0.5) is 10.1 Å². The SMILES string of the molecule is COc1ccc2ncc(F)c([C@@H](O)CN3CCC(NCc4ccc5c(c4)NCCS5)CC3)c2n1.Cl. The van der Waals surface area contributed by atoms with Gasteiger partial charge in [-0.05, 0) is 49.7 Å². The van der Waals surface area contributed by atoms with E-state index < -0.39 is 11.9 Å². The van der Waals surface area contributed by atoms with Crippen molar-refractivity contribution in [2.75, 3.05) is 44.4 Å². The highest BCUT2D eigenvalue weighted by atomic mass is 35.5. The number of thioether (sulfide) groups is 1. The molecule has 4 heterocycles. The van der Waals surface area contributed by atoms with Crippen LogP contribution in [0.5, 0.6) is 5.88 Å². The number of aliphatic hydroxyl groups excluding tert-OH is 1. The summed E-state index contributed by atoms with van der Waals surface area (Å²) in [5, 5.41) is 18.1. The van der Waals surface area contributed by atoms with Crippen molar-refractivity contribution in [3.63, 3.8) is 0 Å². The van der Waals surface area contributed by atoms with E-state index in [1.807, 2.05) is 11.8 Å². The van der Waals surface area contributed by atoms with Gasteiger partial charge in [0.15, 0.2) is 0 Å². The van der Waals surface area contributed by atoms with Crippen LogP contribution < -0.4 is 15.4 Å². The Hall–Kier alpha value is -2.17. The molecule has 0 radical (unpaired) electrons. The number of pyridine rings is 2. The van der Waals surface area contributed by atoms with Crippen LogP contribution in [0.1, 0.15) is 30.1 Å². The zero-order chi connectivity index (χ0) is 23.5. The highest BCUT2D eigenvalue weighted by Crippen LogP contribution is 2.31. The quantitative estimate of drug-likeness (QED) is 0.432. The third-order valence-electron chi connectivity index (χ3n) is 6.55. The van der Waals surface area contributed by atoms with Crippen molar-refractivity contribution in [2.45, 2.75) is 36.4 Å². The van der Waals surface area contributed by atoms with E-state index in [0.717, 1.165) is 51.0 Å². The summed E-state index contributed by atoms with van der Waals surface area (Å²) in [5.74, 6) is 0.941. The molecular formula is C25H31ClFN5O2S. The first kappa shape index (κ1) is 25.9. The molecule has 2 aromatic heterocycles. The topological polar surface area (TPSA) is 82.5 Å². The number of piperidine rings is 1. The fourth-order valence-corrected chi connectivity index (χ4v) is 5.57. The summed E-state index contributed by atoms with van der Waals surface area (Å²) in [6, 6.07) is 10.5. The van der Waals surface area contributed by atoms with E-state index in [0.29, 0.717) is 29.5 Å². The Balaban J connectivity index is 0.00000289. The number of nitrogens with one attached hydrogen (secondary N) is 2. The first-order valence-corrected chi connectivity index (χ1v) is 12.7. The van der Waals surface area contributed by atoms with E-state index >= 15 is 0 Å². The average Bonchev–Trinajstić information content (AvgIpc) is 2.87. The van der Waals surface area contributed by atoms with Crippen LogP contribution in [-0.4, -0.2) is 65.1 Å². The second-order valence-corrected chi connectivity index (χ2v) is 9.96. The van der Waals surface area contributed by atoms with E-state index in [-0.39, 0.29) is 18.0 Å². The summed E-state index contributed by atoms with van der Waals surface area (Å²) in [7, 11) is 1.51. The molecule has 0 spiro atoms. The third kappa shape index (κ3) is 5.98. The van der Waals surface area contributed by atoms with Crippen molar-refractivity contribution in [3.8, 4) is 5.88 Å². The fourth-order valence-electron chi connectivity index (χ4n) is 4.69. The first-order chi connectivity index (χ1) is 16.6. The van der Waals surface area contributed by atoms with Gasteiger partial charge in [-0.15, -0.1) is 24.2 Å². The molecule has 1 saturated heterocycles. The zero-order valence-electron chi connectivity index (χ0n) is 19.7. The monoisotopic (exact) mass is 519 g/mol. The molecule has 0 bridgehead atoms. The van der Waals surface area contributed by atoms with Crippen molar-refractivity contribution < 1.29 is 14.2 Å². The molecule has 1 fully saturated rings. The fraction of sp³-hybridized carbons (Fsp3) is 0.440. The molecule has 0 unspecified atom stereocenters. The van der Waals surface area contributed by atoms with Crippen LogP contribution in [0.3, 0.4) is 0 Å². The normalized spacial score (nSPS) is 17.3. The Morgan fingerprint density at radius 3 is 2.91 bits per heavy atom. The lowest BCUT2D eigenvalue weighted by atomic mass is 10.0. The minimum Gasteiger partial charge on any atom is -0.481 e. The molecule has 3 aromatic rings. The van der Waals surface area contributed by atoms with Gasteiger partial charge in [-0.1, -0.05) is 6.07 Å². The number of halogens is 2. The second kappa shape index (κ2) is 11.7. The van der Waals surface area contributed by atoms with Gasteiger partial charge in [-0.25, -0.2) is 9.37 Å². The molecule has 3 N–H and O–H groups in total. The van der Waals surface area contributed by atoms with E-state index in [2.05, 4.69) is 43.7 Å². The van der Waals surface area contributed by atoms with Crippen LogP contribution in [-0.2, 0) is 6.54 Å². The number of nitrogens with zero attached hydrogens (tertiary/aromatic N) is 3. The van der Waals surface area contributed by atoms with Crippen LogP contribution >= 0.6 is 24.2 Å². The van der Waals surface area contributed by atoms with Crippen molar-refractivity contribution in [1.29, 1.82) is 0 Å². The maximum Gasteiger partial charge on any atom is 0.213 e. The number of aromatic nitrogens is 2. The van der Waals surface area contributed by atoms with E-state index in [1.165, 1.54) is 23.3 Å². The lowest BCUT2D eigenvalue weighted by Gasteiger charge is -2.33. The van der Waals surface area contributed by atoms with Gasteiger partial charge in [0, 0.05) is 53.6 Å². The summed E-state index contributed by atoms with van der Waals surface area (Å²) < 4.78 is 19.8. The molecule has 0 aliphatic carbocycles. The highest BCUT2D eigenvalue weighted by molar-refractivity contribution is 7.99. The number of hydrogen-bond donors (Lipinski definition) is 3. The number of rotatable bonds is 7. The molecular weight excluding hydrogens is 489 g/mol. The summed E-state index contributed by atoms with van der Waals surface area (Å²) >= 11 is 1.90. The zero-order valence-corrected chi connectivity index (χ0v) is 21.3. The van der Waals surface area contributed by atoms with E-state index in [1.54, 1.807) is 12.1 Å². The maximum absolute atomic E-state index is 14.7. The number of fused-ring (bicyclic) bond motifs is 2. The van der Waals surface area contributed by atoms with Crippen molar-refractivity contribution in [1.82, 2.24) is 20.2 Å². The van der Waals surface area contributed by atoms with E-state index in [4.69, 9.17) is 4.74 Å². The Morgan fingerprint density at radius 2 is 2.11 bits per heavy atom. The summed E-state index contributed by atoms with van der Waals surface area (Å²) in [6.07, 6.45) is 2.13. The average molecular weight is 520 g/mol. The lowest BCUT2D eigenvalue weighted by Crippen LogP contribution is -2.43. The number of anilines is 1. The largest absolute Gasteiger partial charge is 0.481 e. The van der Waals surface area contributed by atoms with Gasteiger partial charge < -0.3 is 25.4 Å². The van der Waals surface area contributed by atoms with Gasteiger partial charge in [0.05, 0.1) is 24.9 Å². The van der Waals surface area contributed by atoms with Gasteiger partial charge in [0.1, 0.15) is 11.3 Å². The molecule has 2 aliphatic heterocycles. The Morgan fingerprint density at radius 1 is 1.29 bits per heavy atom. The molecule has 2 aliphatic rings. The number of ether oxygens (including phenoxy) is 1. The first-order valence-electron chi connectivity index (χ1n) is 11.7. The Kier molecular flexibility index (Phi) is 8.67. The molecule has 5 rings (SSSR count). The minimum atomic E-state index is -0.990. The minimum absolute atomic E-state index is 0. The number of hydrogen-bond acceptors (Lipinski definition) is 8. The van der Waals surface area contributed by atoms with Crippen LogP contribution in [0.15, 0.2) is 41.4 Å². The smallest absolute Gasteiger partial charge is 0.213 e. The van der Waals surface area contributed by atoms with Gasteiger partial charge in [0.2, 0.25) is 5.88 Å². The summed E-state index contributed by atoms with van der Waals surface area (Å²) in [4.78, 5) is 12.0. The van der Waals surface area contributed by atoms with Crippen molar-refractivity contribution in [2.24, 2.45) is 0 Å². The number of likely N-dealkylation sites (tertiary alicyclic amines) is 1. The lowest BCUT2D eigenvalue weighted by molar-refractivity contribution is 0.0924. The molecule has 10 heteroatoms. The van der Waals surface area contributed by atoms with Crippen LogP contribution in [0.2, 0.25) is 0 Å². The molecule has 1 atom stereocenters. The summed E-state index contributed by atoms with van der Waals surface area (Å²) in [5.41, 5.74) is 3.59. The molecule has 35 heavy (non-hydrogen) atoms. The molecule has 7 nitrogen and oxygen atoms in total. The molecule has 0 saturated carbocycles. The van der Waals surface area contributed by atoms with Crippen molar-refractivity contribution in [3.05, 3.63) is 53.5 Å². The van der Waals surface area contributed by atoms with Crippen molar-refractivity contribution >= 4 is 40.9 Å². The molecule has 0 amide bonds. The third-order valence-corrected chi connectivity index (χ3v) is 7.63. The van der Waals surface area contributed by atoms with Gasteiger partial charge in [-0.3, -0.25) is 4.98 Å². The Bertz CT molecular complexity index is 1160. The van der Waals surface area contributed by atoms with E-state index in [9.17, 15) is 9.50 Å². The van der Waals surface area contributed by atoms with Crippen LogP contribution in [0.25, 0.3) is 11.0 Å². The van der Waals surface area contributed by atoms with Gasteiger partial charge in [0.25, 0.3) is 0 Å². The number of β-amino-alcohol motifs (C(OH)–C–C–N with tert-alkyl or cyclic N) is 1. The standard InChI is InChI=1S/C25H30FN5O2S.ClH/c1-33-23-5-3-19-25(30-23)24(18(26)14-29-19)21(32)15-31-9-6-17(7-10-31)28-13-16-2-4-22-20(12-16)27-8-11-34-22;/h2-5,12,14,17,21,27-28,32H,6-11,13,15H2,1H3;1H/t21-;/m0./s1. The number of methoxy groups -OCH3 is 1. The predicted molar refractivity (Wildman–Crippen MR) is 140 cm³/mol. The number of benzene rings is 1. The number of aliphatic hydroxyl groups is 1. The van der Waals surface area contributed by atoms with Crippen LogP contribution in [0, 0.1) is 5.82 Å². The molecule has 1 aromatic carbocycles. The second-order valence-electron chi connectivity index (χ2n) is 8.82. The summed E-state index contributed by atoms with van der Waals surface area (Å²) in [6.45, 7) is 3.91. The Labute approximate surface area is 215 Å². The van der Waals surface area contributed by atoms with Gasteiger partial charge >= 0.3 is 0 Å². The predicted octanol–water partition coefficient (Wildman–Crippen LogP) is 4.00. The molecule has 188 valence electrons. The van der Waals surface area contributed by atoms with Gasteiger partial charge in [-0.2, -0.15) is 0 Å².